The van der Waals surface area contributed by atoms with Gasteiger partial charge in [-0.25, -0.2) is 4.98 Å². The van der Waals surface area contributed by atoms with Crippen molar-refractivity contribution in [2.45, 2.75) is 26.3 Å². The second kappa shape index (κ2) is 10.8. The van der Waals surface area contributed by atoms with Crippen LogP contribution >= 0.6 is 23.2 Å². The lowest BCUT2D eigenvalue weighted by atomic mass is 10.2. The smallest absolute Gasteiger partial charge is 0.316 e. The first-order valence-corrected chi connectivity index (χ1v) is 14.4. The Morgan fingerprint density at radius 2 is 1.84 bits per heavy atom. The molecule has 0 bridgehead atoms. The van der Waals surface area contributed by atoms with E-state index >= 15 is 0 Å². The molecule has 13 heteroatoms. The summed E-state index contributed by atoms with van der Waals surface area (Å²) in [6.07, 6.45) is 5.23. The maximum Gasteiger partial charge on any atom is 0.316 e. The number of pyridine rings is 1. The van der Waals surface area contributed by atoms with Gasteiger partial charge in [0.05, 0.1) is 18.5 Å². The molecule has 38 heavy (non-hydrogen) atoms. The predicted octanol–water partition coefficient (Wildman–Crippen LogP) is 3.27. The maximum atomic E-state index is 13.5. The average Bonchev–Trinajstić information content (AvgIpc) is 3.64. The SMILES string of the molecule is CC1(COc2c(N3CCN(S(=O)(=O)NCc4ccc(Cl)nc4)CC3)cnn(-c3cccc(Cl)c3)c2=O)CC1. The van der Waals surface area contributed by atoms with Gasteiger partial charge in [0.25, 0.3) is 10.2 Å². The van der Waals surface area contributed by atoms with E-state index in [1.54, 1.807) is 42.6 Å². The molecule has 2 aromatic heterocycles. The third-order valence-electron chi connectivity index (χ3n) is 6.80. The molecule has 1 aromatic carbocycles. The van der Waals surface area contributed by atoms with Crippen LogP contribution in [0.4, 0.5) is 5.69 Å². The summed E-state index contributed by atoms with van der Waals surface area (Å²) in [4.78, 5) is 19.4. The molecule has 0 radical (unpaired) electrons. The molecule has 0 spiro atoms. The number of nitrogens with one attached hydrogen (secondary N) is 1. The minimum atomic E-state index is -3.71. The van der Waals surface area contributed by atoms with Crippen LogP contribution in [0.15, 0.2) is 53.6 Å². The van der Waals surface area contributed by atoms with Crippen molar-refractivity contribution in [1.82, 2.24) is 23.8 Å². The van der Waals surface area contributed by atoms with E-state index in [2.05, 4.69) is 21.7 Å². The normalized spacial score (nSPS) is 17.4. The Morgan fingerprint density at radius 1 is 1.08 bits per heavy atom. The molecule has 1 aliphatic carbocycles. The fourth-order valence-corrected chi connectivity index (χ4v) is 5.60. The zero-order chi connectivity index (χ0) is 26.9. The highest BCUT2D eigenvalue weighted by Gasteiger charge is 2.39. The van der Waals surface area contributed by atoms with Crippen LogP contribution in [0.5, 0.6) is 5.75 Å². The van der Waals surface area contributed by atoms with Gasteiger partial charge in [-0.2, -0.15) is 27.2 Å². The van der Waals surface area contributed by atoms with Gasteiger partial charge in [-0.1, -0.05) is 42.3 Å². The second-order valence-electron chi connectivity index (χ2n) is 9.86. The average molecular weight is 580 g/mol. The number of rotatable bonds is 9. The summed E-state index contributed by atoms with van der Waals surface area (Å²) < 4.78 is 37.2. The number of ether oxygens (including phenoxy) is 1. The summed E-state index contributed by atoms with van der Waals surface area (Å²) in [6, 6.07) is 10.2. The van der Waals surface area contributed by atoms with Crippen molar-refractivity contribution in [2.24, 2.45) is 5.41 Å². The van der Waals surface area contributed by atoms with Crippen LogP contribution in [-0.2, 0) is 16.8 Å². The third kappa shape index (κ3) is 6.13. The molecule has 3 aromatic rings. The number of halogens is 2. The zero-order valence-corrected chi connectivity index (χ0v) is 23.1. The molecule has 202 valence electrons. The number of anilines is 1. The number of aromatic nitrogens is 3. The van der Waals surface area contributed by atoms with Crippen molar-refractivity contribution in [3.8, 4) is 11.4 Å². The highest BCUT2D eigenvalue weighted by molar-refractivity contribution is 7.87. The Labute approximate surface area is 231 Å². The van der Waals surface area contributed by atoms with Gasteiger partial charge in [-0.3, -0.25) is 4.79 Å². The molecule has 2 aliphatic rings. The van der Waals surface area contributed by atoms with Crippen LogP contribution in [0.2, 0.25) is 10.2 Å². The van der Waals surface area contributed by atoms with Gasteiger partial charge in [0, 0.05) is 49.4 Å². The quantitative estimate of drug-likeness (QED) is 0.388. The summed E-state index contributed by atoms with van der Waals surface area (Å²) in [5, 5.41) is 5.22. The molecule has 0 amide bonds. The Kier molecular flexibility index (Phi) is 7.65. The highest BCUT2D eigenvalue weighted by atomic mass is 35.5. The molecule has 2 fully saturated rings. The molecule has 0 atom stereocenters. The van der Waals surface area contributed by atoms with Crippen molar-refractivity contribution in [3.63, 3.8) is 0 Å². The lowest BCUT2D eigenvalue weighted by molar-refractivity contribution is 0.242. The lowest BCUT2D eigenvalue weighted by Gasteiger charge is -2.35. The molecular formula is C25H28Cl2N6O4S. The van der Waals surface area contributed by atoms with Gasteiger partial charge in [-0.15, -0.1) is 0 Å². The number of nitrogens with zero attached hydrogens (tertiary/aromatic N) is 5. The summed E-state index contributed by atoms with van der Waals surface area (Å²) in [7, 11) is -3.71. The monoisotopic (exact) mass is 578 g/mol. The van der Waals surface area contributed by atoms with Gasteiger partial charge in [0.1, 0.15) is 10.8 Å². The van der Waals surface area contributed by atoms with Crippen molar-refractivity contribution < 1.29 is 13.2 Å². The topological polar surface area (TPSA) is 110 Å². The van der Waals surface area contributed by atoms with Crippen LogP contribution in [0.25, 0.3) is 5.69 Å². The van der Waals surface area contributed by atoms with Crippen molar-refractivity contribution in [3.05, 3.63) is 74.9 Å². The Bertz CT molecular complexity index is 1470. The molecule has 10 nitrogen and oxygen atoms in total. The van der Waals surface area contributed by atoms with E-state index in [0.717, 1.165) is 12.8 Å². The Balaban J connectivity index is 1.32. The molecule has 1 saturated carbocycles. The van der Waals surface area contributed by atoms with Crippen LogP contribution in [-0.4, -0.2) is 60.3 Å². The van der Waals surface area contributed by atoms with Gasteiger partial charge < -0.3 is 9.64 Å². The largest absolute Gasteiger partial charge is 0.486 e. The molecule has 1 N–H and O–H groups in total. The molecular weight excluding hydrogens is 551 g/mol. The fraction of sp³-hybridized carbons (Fsp3) is 0.400. The minimum Gasteiger partial charge on any atom is -0.486 e. The van der Waals surface area contributed by atoms with E-state index in [0.29, 0.717) is 46.8 Å². The number of piperazine rings is 1. The van der Waals surface area contributed by atoms with E-state index in [4.69, 9.17) is 27.9 Å². The molecule has 3 heterocycles. The molecule has 1 saturated heterocycles. The maximum absolute atomic E-state index is 13.5. The highest BCUT2D eigenvalue weighted by Crippen LogP contribution is 2.45. The Morgan fingerprint density at radius 3 is 2.50 bits per heavy atom. The number of benzene rings is 1. The van der Waals surface area contributed by atoms with Gasteiger partial charge in [0.15, 0.2) is 0 Å². The summed E-state index contributed by atoms with van der Waals surface area (Å²) in [5.41, 5.74) is 1.46. The van der Waals surface area contributed by atoms with Crippen LogP contribution in [0.1, 0.15) is 25.3 Å². The fourth-order valence-electron chi connectivity index (χ4n) is 4.13. The van der Waals surface area contributed by atoms with Crippen molar-refractivity contribution >= 4 is 39.1 Å². The van der Waals surface area contributed by atoms with Crippen molar-refractivity contribution in [2.75, 3.05) is 37.7 Å². The predicted molar refractivity (Wildman–Crippen MR) is 146 cm³/mol. The number of hydrogen-bond donors (Lipinski definition) is 1. The first-order valence-electron chi connectivity index (χ1n) is 12.2. The van der Waals surface area contributed by atoms with E-state index in [-0.39, 0.29) is 36.4 Å². The second-order valence-corrected chi connectivity index (χ2v) is 12.4. The van der Waals surface area contributed by atoms with E-state index < -0.39 is 10.2 Å². The van der Waals surface area contributed by atoms with Crippen molar-refractivity contribution in [1.29, 1.82) is 0 Å². The standard InChI is InChI=1S/C25H28Cl2N6O4S/c1-25(7-8-25)17-37-23-21(16-29-33(24(23)34)20-4-2-3-19(26)13-20)31-9-11-32(12-10-31)38(35,36)30-15-18-5-6-22(27)28-14-18/h2-6,13-14,16,30H,7-12,15,17H2,1H3. The summed E-state index contributed by atoms with van der Waals surface area (Å²) >= 11 is 11.9. The lowest BCUT2D eigenvalue weighted by Crippen LogP contribution is -2.52. The Hall–Kier alpha value is -2.70. The first-order chi connectivity index (χ1) is 18.1. The molecule has 0 unspecified atom stereocenters. The van der Waals surface area contributed by atoms with Gasteiger partial charge in [-0.05, 0) is 42.7 Å². The third-order valence-corrected chi connectivity index (χ3v) is 8.82. The first kappa shape index (κ1) is 26.9. The van der Waals surface area contributed by atoms with Gasteiger partial charge >= 0.3 is 5.56 Å². The summed E-state index contributed by atoms with van der Waals surface area (Å²) in [5.74, 6) is 0.206. The van der Waals surface area contributed by atoms with Crippen LogP contribution in [0.3, 0.4) is 0 Å². The minimum absolute atomic E-state index is 0.0614. The van der Waals surface area contributed by atoms with Crippen LogP contribution in [0, 0.1) is 5.41 Å². The van der Waals surface area contributed by atoms with Crippen LogP contribution < -0.4 is 19.9 Å². The summed E-state index contributed by atoms with van der Waals surface area (Å²) in [6.45, 7) is 3.88. The van der Waals surface area contributed by atoms with E-state index in [9.17, 15) is 13.2 Å². The van der Waals surface area contributed by atoms with E-state index in [1.807, 2.05) is 4.90 Å². The van der Waals surface area contributed by atoms with Gasteiger partial charge in [0.2, 0.25) is 5.75 Å². The number of hydrogen-bond acceptors (Lipinski definition) is 7. The van der Waals surface area contributed by atoms with E-state index in [1.165, 1.54) is 15.2 Å². The molecule has 1 aliphatic heterocycles. The molecule has 5 rings (SSSR count). The zero-order valence-electron chi connectivity index (χ0n) is 20.8.